The van der Waals surface area contributed by atoms with Gasteiger partial charge in [0.2, 0.25) is 5.91 Å². The number of carbonyl (C=O) groups is 1. The number of methoxy groups -OCH3 is 1. The first-order valence-electron chi connectivity index (χ1n) is 11.5. The Bertz CT molecular complexity index is 1060. The molecule has 34 heavy (non-hydrogen) atoms. The topological polar surface area (TPSA) is 78.3 Å². The number of hydrogen-bond donors (Lipinski definition) is 1. The third kappa shape index (κ3) is 7.00. The van der Waals surface area contributed by atoms with Crippen LogP contribution in [-0.2, 0) is 11.3 Å². The van der Waals surface area contributed by atoms with Crippen LogP contribution in [0.1, 0.15) is 58.0 Å². The van der Waals surface area contributed by atoms with Crippen LogP contribution in [0.25, 0.3) is 0 Å². The van der Waals surface area contributed by atoms with Crippen LogP contribution in [0, 0.1) is 5.92 Å². The fraction of sp³-hybridized carbons (Fsp3) is 0.423. The zero-order valence-electron chi connectivity index (χ0n) is 20.7. The summed E-state index contributed by atoms with van der Waals surface area (Å²) in [5.74, 6) is 3.24. The molecule has 0 saturated carbocycles. The molecule has 0 fully saturated rings. The zero-order valence-corrected chi connectivity index (χ0v) is 21.6. The van der Waals surface area contributed by atoms with E-state index in [1.54, 1.807) is 7.11 Å². The molecule has 0 spiro atoms. The lowest BCUT2D eigenvalue weighted by Crippen LogP contribution is -2.17. The summed E-state index contributed by atoms with van der Waals surface area (Å²) in [7, 11) is 1.63. The molecule has 0 bridgehead atoms. The number of aromatic nitrogens is 3. The summed E-state index contributed by atoms with van der Waals surface area (Å²) >= 11 is 1.38. The first-order chi connectivity index (χ1) is 16.3. The Hall–Kier alpha value is -3.00. The van der Waals surface area contributed by atoms with Crippen molar-refractivity contribution in [2.75, 3.05) is 18.2 Å². The molecular formula is C26H34N4O3S. The van der Waals surface area contributed by atoms with Gasteiger partial charge in [0.15, 0.2) is 17.1 Å². The molecule has 0 radical (unpaired) electrons. The van der Waals surface area contributed by atoms with Crippen molar-refractivity contribution in [2.45, 2.75) is 58.3 Å². The van der Waals surface area contributed by atoms with Crippen molar-refractivity contribution < 1.29 is 14.3 Å². The third-order valence-electron chi connectivity index (χ3n) is 5.22. The Morgan fingerprint density at radius 3 is 2.21 bits per heavy atom. The molecule has 7 nitrogen and oxygen atoms in total. The average Bonchev–Trinajstić information content (AvgIpc) is 3.20. The minimum absolute atomic E-state index is 0.0783. The van der Waals surface area contributed by atoms with Gasteiger partial charge in [0.05, 0.1) is 12.9 Å². The SMILES string of the molecule is COc1ccc(OC(C)c2nnc(SCC(=O)Nc3ccc(C(C)C)cc3)n2CC(C)C)cc1. The molecule has 0 aliphatic carbocycles. The number of benzene rings is 2. The van der Waals surface area contributed by atoms with Crippen LogP contribution in [-0.4, -0.2) is 33.5 Å². The molecule has 3 aromatic rings. The Balaban J connectivity index is 1.65. The van der Waals surface area contributed by atoms with Crippen molar-refractivity contribution in [3.63, 3.8) is 0 Å². The van der Waals surface area contributed by atoms with Gasteiger partial charge in [0.1, 0.15) is 11.5 Å². The van der Waals surface area contributed by atoms with Crippen LogP contribution < -0.4 is 14.8 Å². The zero-order chi connectivity index (χ0) is 24.7. The Morgan fingerprint density at radius 2 is 1.62 bits per heavy atom. The molecule has 8 heteroatoms. The van der Waals surface area contributed by atoms with Gasteiger partial charge in [-0.1, -0.05) is 51.6 Å². The van der Waals surface area contributed by atoms with Crippen molar-refractivity contribution in [2.24, 2.45) is 5.92 Å². The number of amides is 1. The Kier molecular flexibility index (Phi) is 8.98. The standard InChI is InChI=1S/C26H34N4O3S/c1-17(2)15-30-25(19(5)33-23-13-11-22(32-6)12-14-23)28-29-26(30)34-16-24(31)27-21-9-7-20(8-10-21)18(3)4/h7-14,17-19H,15-16H2,1-6H3,(H,27,31). The first-order valence-corrected chi connectivity index (χ1v) is 12.5. The van der Waals surface area contributed by atoms with Crippen molar-refractivity contribution in [1.82, 2.24) is 14.8 Å². The average molecular weight is 483 g/mol. The number of ether oxygens (including phenoxy) is 2. The maximum absolute atomic E-state index is 12.5. The lowest BCUT2D eigenvalue weighted by molar-refractivity contribution is -0.113. The van der Waals surface area contributed by atoms with Gasteiger partial charge in [-0.3, -0.25) is 4.79 Å². The molecule has 1 N–H and O–H groups in total. The summed E-state index contributed by atoms with van der Waals surface area (Å²) in [6.07, 6.45) is -0.303. The van der Waals surface area contributed by atoms with E-state index >= 15 is 0 Å². The Labute approximate surface area is 206 Å². The van der Waals surface area contributed by atoms with E-state index in [1.807, 2.05) is 60.0 Å². The lowest BCUT2D eigenvalue weighted by Gasteiger charge is -2.18. The van der Waals surface area contributed by atoms with Crippen LogP contribution in [0.2, 0.25) is 0 Å². The first kappa shape index (κ1) is 25.6. The number of nitrogens with one attached hydrogen (secondary N) is 1. The summed E-state index contributed by atoms with van der Waals surface area (Å²) in [6.45, 7) is 11.3. The van der Waals surface area contributed by atoms with Crippen LogP contribution in [0.3, 0.4) is 0 Å². The maximum atomic E-state index is 12.5. The van der Waals surface area contributed by atoms with E-state index in [0.29, 0.717) is 17.0 Å². The van der Waals surface area contributed by atoms with E-state index in [1.165, 1.54) is 17.3 Å². The summed E-state index contributed by atoms with van der Waals surface area (Å²) in [4.78, 5) is 12.5. The normalized spacial score (nSPS) is 12.1. The molecule has 0 aliphatic heterocycles. The van der Waals surface area contributed by atoms with Crippen LogP contribution in [0.15, 0.2) is 53.7 Å². The third-order valence-corrected chi connectivity index (χ3v) is 6.19. The molecule has 1 atom stereocenters. The van der Waals surface area contributed by atoms with E-state index in [0.717, 1.165) is 29.6 Å². The number of carbonyl (C=O) groups excluding carboxylic acids is 1. The molecule has 1 heterocycles. The van der Waals surface area contributed by atoms with Gasteiger partial charge in [-0.25, -0.2) is 0 Å². The van der Waals surface area contributed by atoms with Gasteiger partial charge in [0.25, 0.3) is 0 Å². The summed E-state index contributed by atoms with van der Waals surface area (Å²) < 4.78 is 13.4. The summed E-state index contributed by atoms with van der Waals surface area (Å²) in [5.41, 5.74) is 2.04. The monoisotopic (exact) mass is 482 g/mol. The van der Waals surface area contributed by atoms with Crippen molar-refractivity contribution in [3.8, 4) is 11.5 Å². The molecule has 0 aliphatic rings. The second kappa shape index (κ2) is 11.9. The molecule has 0 saturated heterocycles. The highest BCUT2D eigenvalue weighted by atomic mass is 32.2. The molecule has 1 amide bonds. The quantitative estimate of drug-likeness (QED) is 0.341. The smallest absolute Gasteiger partial charge is 0.234 e. The van der Waals surface area contributed by atoms with Crippen LogP contribution >= 0.6 is 11.8 Å². The number of thioether (sulfide) groups is 1. The van der Waals surface area contributed by atoms with Gasteiger partial charge < -0.3 is 19.4 Å². The lowest BCUT2D eigenvalue weighted by atomic mass is 10.0. The minimum Gasteiger partial charge on any atom is -0.497 e. The highest BCUT2D eigenvalue weighted by Crippen LogP contribution is 2.27. The maximum Gasteiger partial charge on any atom is 0.234 e. The number of nitrogens with zero attached hydrogens (tertiary/aromatic N) is 3. The van der Waals surface area contributed by atoms with E-state index in [9.17, 15) is 4.79 Å². The second-order valence-electron chi connectivity index (χ2n) is 8.89. The van der Waals surface area contributed by atoms with Gasteiger partial charge in [-0.15, -0.1) is 10.2 Å². The number of rotatable bonds is 11. The predicted octanol–water partition coefficient (Wildman–Crippen LogP) is 5.94. The van der Waals surface area contributed by atoms with Crippen LogP contribution in [0.5, 0.6) is 11.5 Å². The largest absolute Gasteiger partial charge is 0.497 e. The molecule has 2 aromatic carbocycles. The van der Waals surface area contributed by atoms with Gasteiger partial charge in [-0.05, 0) is 60.7 Å². The second-order valence-corrected chi connectivity index (χ2v) is 9.84. The number of anilines is 1. The minimum atomic E-state index is -0.303. The number of hydrogen-bond acceptors (Lipinski definition) is 6. The van der Waals surface area contributed by atoms with Crippen LogP contribution in [0.4, 0.5) is 5.69 Å². The fourth-order valence-electron chi connectivity index (χ4n) is 3.43. The summed E-state index contributed by atoms with van der Waals surface area (Å²) in [6, 6.07) is 15.4. The molecule has 1 aromatic heterocycles. The summed E-state index contributed by atoms with van der Waals surface area (Å²) in [5, 5.41) is 12.4. The highest BCUT2D eigenvalue weighted by Gasteiger charge is 2.21. The van der Waals surface area contributed by atoms with Gasteiger partial charge in [-0.2, -0.15) is 0 Å². The fourth-order valence-corrected chi connectivity index (χ4v) is 4.19. The molecule has 3 rings (SSSR count). The van der Waals surface area contributed by atoms with E-state index in [2.05, 4.69) is 43.2 Å². The Morgan fingerprint density at radius 1 is 0.971 bits per heavy atom. The van der Waals surface area contributed by atoms with Crippen molar-refractivity contribution >= 4 is 23.4 Å². The van der Waals surface area contributed by atoms with Gasteiger partial charge in [0, 0.05) is 12.2 Å². The van der Waals surface area contributed by atoms with E-state index < -0.39 is 0 Å². The predicted molar refractivity (Wildman–Crippen MR) is 137 cm³/mol. The molecule has 182 valence electrons. The molecular weight excluding hydrogens is 448 g/mol. The van der Waals surface area contributed by atoms with Crippen molar-refractivity contribution in [3.05, 3.63) is 59.9 Å². The van der Waals surface area contributed by atoms with E-state index in [-0.39, 0.29) is 17.8 Å². The highest BCUT2D eigenvalue weighted by molar-refractivity contribution is 7.99. The van der Waals surface area contributed by atoms with Gasteiger partial charge >= 0.3 is 0 Å². The van der Waals surface area contributed by atoms with E-state index in [4.69, 9.17) is 9.47 Å². The molecule has 1 unspecified atom stereocenters. The van der Waals surface area contributed by atoms with Crippen molar-refractivity contribution in [1.29, 1.82) is 0 Å².